The van der Waals surface area contributed by atoms with Crippen molar-refractivity contribution < 1.29 is 22.7 Å². The molecule has 4 rings (SSSR count). The van der Waals surface area contributed by atoms with E-state index in [1.54, 1.807) is 42.5 Å². The Bertz CT molecular complexity index is 1410. The number of halogens is 3. The Hall–Kier alpha value is -1.42. The summed E-state index contributed by atoms with van der Waals surface area (Å²) in [6.07, 6.45) is 0. The van der Waals surface area contributed by atoms with E-state index in [9.17, 15) is 23.2 Å². The van der Waals surface area contributed by atoms with Crippen LogP contribution in [0, 0.1) is 5.21 Å². The molecule has 3 aromatic rings. The van der Waals surface area contributed by atoms with Gasteiger partial charge < -0.3 is 0 Å². The summed E-state index contributed by atoms with van der Waals surface area (Å²) in [7, 11) is -3.17. The van der Waals surface area contributed by atoms with Gasteiger partial charge in [0.15, 0.2) is 0 Å². The second-order valence-corrected chi connectivity index (χ2v) is 15.3. The van der Waals surface area contributed by atoms with Crippen LogP contribution >= 0.6 is 46.1 Å². The van der Waals surface area contributed by atoms with Crippen molar-refractivity contribution in [1.29, 1.82) is 0 Å². The maximum absolute atomic E-state index is 13.2. The van der Waals surface area contributed by atoms with Crippen molar-refractivity contribution in [2.75, 3.05) is 29.9 Å². The van der Waals surface area contributed by atoms with E-state index >= 15 is 0 Å². The zero-order chi connectivity index (χ0) is 26.1. The first-order valence-corrected chi connectivity index (χ1v) is 16.3. The number of hydrogen-bond acceptors (Lipinski definition) is 6. The van der Waals surface area contributed by atoms with E-state index < -0.39 is 36.1 Å². The van der Waals surface area contributed by atoms with Crippen LogP contribution in [0.25, 0.3) is 0 Å². The van der Waals surface area contributed by atoms with Gasteiger partial charge in [0.25, 0.3) is 0 Å². The van der Waals surface area contributed by atoms with Gasteiger partial charge in [-0.15, -0.1) is 0 Å². The molecule has 0 atom stereocenters. The van der Waals surface area contributed by atoms with E-state index in [1.807, 2.05) is 0 Å². The van der Waals surface area contributed by atoms with Gasteiger partial charge in [-0.25, -0.2) is 0 Å². The number of nitrogens with one attached hydrogen (secondary N) is 1. The average Bonchev–Trinajstić information content (AvgIpc) is 3.18. The third-order valence-electron chi connectivity index (χ3n) is 5.52. The van der Waals surface area contributed by atoms with Crippen molar-refractivity contribution in [3.63, 3.8) is 0 Å². The van der Waals surface area contributed by atoms with Gasteiger partial charge in [0, 0.05) is 0 Å². The number of thiophene rings is 1. The van der Waals surface area contributed by atoms with Crippen LogP contribution in [0.4, 0.5) is 5.69 Å². The summed E-state index contributed by atoms with van der Waals surface area (Å²) >= 11 is 18.4. The molecule has 0 spiro atoms. The van der Waals surface area contributed by atoms with E-state index in [0.717, 1.165) is 11.3 Å². The van der Waals surface area contributed by atoms with Gasteiger partial charge in [-0.05, 0) is 0 Å². The van der Waals surface area contributed by atoms with Crippen molar-refractivity contribution in [2.45, 2.75) is 6.54 Å². The molecular formula is C23H19AsCl3N2O5S2. The number of nitrogens with zero attached hydrogens (tertiary/aromatic N) is 1. The summed E-state index contributed by atoms with van der Waals surface area (Å²) in [4.78, 5) is 27.1. The first kappa shape index (κ1) is 27.6. The molecule has 2 heterocycles. The third kappa shape index (κ3) is 6.91. The summed E-state index contributed by atoms with van der Waals surface area (Å²) < 4.78 is 23.0. The number of carbonyl (C=O) groups is 2. The number of benzene rings is 2. The van der Waals surface area contributed by atoms with Crippen LogP contribution in [0.2, 0.25) is 15.1 Å². The van der Waals surface area contributed by atoms with E-state index in [0.29, 0.717) is 29.8 Å². The SMILES string of the molecule is O=C(Nc1ccc(Cl)cc1)c1cc(Cl)ccc1[As]C(=O)c1sc(C[N+]2([O-])CCS(=O)(=O)CC2)cc1Cl. The molecule has 36 heavy (non-hydrogen) atoms. The second-order valence-electron chi connectivity index (χ2n) is 8.24. The summed E-state index contributed by atoms with van der Waals surface area (Å²) in [6.45, 7) is 0.00713. The first-order chi connectivity index (χ1) is 16.9. The quantitative estimate of drug-likeness (QED) is 0.233. The standard InChI is InChI=1S/C23H19AsCl3N2O5S2/c25-14-1-4-16(5-2-14)28-23(31)18-11-15(26)3-6-19(18)24-22(30)21-20(27)12-17(35-21)13-29(32)7-9-36(33,34)10-8-29/h1-6,11-12H,7-10,13H2,(H,28,31). The van der Waals surface area contributed by atoms with E-state index in [-0.39, 0.29) is 46.3 Å². The van der Waals surface area contributed by atoms with Crippen LogP contribution < -0.4 is 9.67 Å². The summed E-state index contributed by atoms with van der Waals surface area (Å²) in [6, 6.07) is 13.0. The Kier molecular flexibility index (Phi) is 8.54. The van der Waals surface area contributed by atoms with Gasteiger partial charge in [0.2, 0.25) is 0 Å². The molecular weight excluding hydrogens is 630 g/mol. The van der Waals surface area contributed by atoms with Gasteiger partial charge >= 0.3 is 235 Å². The average molecular weight is 649 g/mol. The zero-order valence-electron chi connectivity index (χ0n) is 18.5. The van der Waals surface area contributed by atoms with Gasteiger partial charge in [-0.3, -0.25) is 0 Å². The van der Waals surface area contributed by atoms with E-state index in [2.05, 4.69) is 5.32 Å². The Labute approximate surface area is 234 Å². The molecule has 0 bridgehead atoms. The molecule has 13 heteroatoms. The van der Waals surface area contributed by atoms with Crippen LogP contribution in [-0.4, -0.2) is 63.9 Å². The Morgan fingerprint density at radius 2 is 1.64 bits per heavy atom. The second kappa shape index (κ2) is 11.1. The Morgan fingerprint density at radius 1 is 1.00 bits per heavy atom. The number of quaternary nitrogens is 1. The molecule has 1 aromatic heterocycles. The van der Waals surface area contributed by atoms with Crippen molar-refractivity contribution >= 4 is 92.2 Å². The van der Waals surface area contributed by atoms with Crippen LogP contribution in [0.5, 0.6) is 0 Å². The fraction of sp³-hybridized carbons (Fsp3) is 0.217. The fourth-order valence-corrected chi connectivity index (χ4v) is 9.20. The number of carbonyl (C=O) groups excluding carboxylic acids is 2. The molecule has 2 aromatic carbocycles. The van der Waals surface area contributed by atoms with Crippen molar-refractivity contribution in [3.8, 4) is 0 Å². The molecule has 1 fully saturated rings. The number of hydroxylamine groups is 3. The third-order valence-corrected chi connectivity index (χ3v) is 11.7. The normalized spacial score (nSPS) is 16.8. The zero-order valence-corrected chi connectivity index (χ0v) is 24.3. The van der Waals surface area contributed by atoms with Crippen molar-refractivity contribution in [3.05, 3.63) is 84.1 Å². The monoisotopic (exact) mass is 647 g/mol. The molecule has 0 aliphatic carbocycles. The Morgan fingerprint density at radius 3 is 2.31 bits per heavy atom. The summed E-state index contributed by atoms with van der Waals surface area (Å²) in [5.41, 5.74) is 0.835. The molecule has 0 saturated carbocycles. The van der Waals surface area contributed by atoms with Crippen molar-refractivity contribution in [2.24, 2.45) is 0 Å². The van der Waals surface area contributed by atoms with Crippen LogP contribution in [0.15, 0.2) is 48.5 Å². The maximum atomic E-state index is 13.2. The van der Waals surface area contributed by atoms with E-state index in [1.165, 1.54) is 6.07 Å². The minimum absolute atomic E-state index is 0.0239. The number of rotatable bonds is 7. The molecule has 1 saturated heterocycles. The van der Waals surface area contributed by atoms with Gasteiger partial charge in [0.05, 0.1) is 0 Å². The van der Waals surface area contributed by atoms with Crippen molar-refractivity contribution in [1.82, 2.24) is 0 Å². The van der Waals surface area contributed by atoms with Gasteiger partial charge in [-0.2, -0.15) is 0 Å². The molecule has 1 N–H and O–H groups in total. The topological polar surface area (TPSA) is 103 Å². The minimum atomic E-state index is -3.17. The molecule has 1 radical (unpaired) electrons. The van der Waals surface area contributed by atoms with Crippen LogP contribution in [0.3, 0.4) is 0 Å². The number of amides is 1. The predicted molar refractivity (Wildman–Crippen MR) is 146 cm³/mol. The first-order valence-electron chi connectivity index (χ1n) is 10.6. The molecule has 1 aliphatic rings. The van der Waals surface area contributed by atoms with Gasteiger partial charge in [-0.1, -0.05) is 0 Å². The van der Waals surface area contributed by atoms with E-state index in [4.69, 9.17) is 34.8 Å². The summed E-state index contributed by atoms with van der Waals surface area (Å²) in [5, 5.41) is 16.9. The summed E-state index contributed by atoms with van der Waals surface area (Å²) in [5.74, 6) is -0.707. The number of hydrogen-bond donors (Lipinski definition) is 1. The molecule has 0 unspecified atom stereocenters. The fourth-order valence-electron chi connectivity index (χ4n) is 3.59. The molecule has 1 aliphatic heterocycles. The predicted octanol–water partition coefficient (Wildman–Crippen LogP) is 4.37. The molecule has 1 amide bonds. The number of sulfone groups is 1. The molecule has 7 nitrogen and oxygen atoms in total. The van der Waals surface area contributed by atoms with Crippen LogP contribution in [-0.2, 0) is 16.4 Å². The van der Waals surface area contributed by atoms with Crippen LogP contribution in [0.1, 0.15) is 24.9 Å². The molecule has 189 valence electrons. The Balaban J connectivity index is 1.50. The van der Waals surface area contributed by atoms with Gasteiger partial charge in [0.1, 0.15) is 0 Å². The number of anilines is 1.